The van der Waals surface area contributed by atoms with Gasteiger partial charge in [0.15, 0.2) is 5.96 Å². The zero-order valence-electron chi connectivity index (χ0n) is 28.3. The molecule has 13 heteroatoms. The molecule has 4 saturated carbocycles. The minimum atomic E-state index is -1.12. The maximum Gasteiger partial charge on any atom is 0.331 e. The molecule has 0 aromatic heterocycles. The van der Waals surface area contributed by atoms with Gasteiger partial charge in [-0.15, -0.1) is 0 Å². The number of cyclic esters (lactones) is 1. The summed E-state index contributed by atoms with van der Waals surface area (Å²) < 4.78 is 11.1. The van der Waals surface area contributed by atoms with Crippen LogP contribution in [-0.4, -0.2) is 82.1 Å². The van der Waals surface area contributed by atoms with Gasteiger partial charge in [-0.2, -0.15) is 0 Å². The number of amides is 1. The number of aliphatic hydroxyl groups is 2. The predicted molar refractivity (Wildman–Crippen MR) is 175 cm³/mol. The molecule has 0 aromatic rings. The van der Waals surface area contributed by atoms with Crippen molar-refractivity contribution in [3.8, 4) is 0 Å². The molecule has 0 aromatic carbocycles. The molecular formula is C35H54N4O9. The third-order valence-electron chi connectivity index (χ3n) is 12.8. The molecule has 1 amide bonds. The lowest BCUT2D eigenvalue weighted by Crippen LogP contribution is -2.62. The summed E-state index contributed by atoms with van der Waals surface area (Å²) in [4.78, 5) is 52.3. The number of aliphatic imine (C=N–C) groups is 1. The van der Waals surface area contributed by atoms with Crippen LogP contribution in [0.4, 0.5) is 0 Å². The number of guanidine groups is 1. The van der Waals surface area contributed by atoms with Crippen molar-refractivity contribution in [3.63, 3.8) is 0 Å². The summed E-state index contributed by atoms with van der Waals surface area (Å²) >= 11 is 0. The highest BCUT2D eigenvalue weighted by atomic mass is 16.5. The summed E-state index contributed by atoms with van der Waals surface area (Å²) in [6, 6.07) is -1.02. The third kappa shape index (κ3) is 7.08. The number of hydrogen-bond donors (Lipinski definition) is 6. The SMILES string of the molecule is C[C@]12CC[C@H](OC(=O)CCCCC(=O)N[C@@H](CCCN=C(N)N)C(=O)O)C[C@H]1CC[C@@H]1[C@@H]2CC[C@]2(C)[C@@H](C3=CC(=O)OC3)[C@@H](O)C[C@]12O. The van der Waals surface area contributed by atoms with Crippen LogP contribution in [0, 0.1) is 34.5 Å². The number of hydrogen-bond acceptors (Lipinski definition) is 9. The molecule has 0 unspecified atom stereocenters. The van der Waals surface area contributed by atoms with Gasteiger partial charge in [0.05, 0.1) is 11.7 Å². The molecule has 10 atom stereocenters. The fourth-order valence-electron chi connectivity index (χ4n) is 10.4. The van der Waals surface area contributed by atoms with Crippen molar-refractivity contribution in [2.75, 3.05) is 13.2 Å². The lowest BCUT2D eigenvalue weighted by molar-refractivity contribution is -0.210. The number of carbonyl (C=O) groups excluding carboxylic acids is 3. The fourth-order valence-corrected chi connectivity index (χ4v) is 10.4. The first-order chi connectivity index (χ1) is 22.7. The number of carbonyl (C=O) groups is 4. The smallest absolute Gasteiger partial charge is 0.331 e. The molecule has 5 rings (SSSR count). The molecule has 8 N–H and O–H groups in total. The van der Waals surface area contributed by atoms with E-state index < -0.39 is 29.1 Å². The highest BCUT2D eigenvalue weighted by Gasteiger charge is 2.70. The fraction of sp³-hybridized carbons (Fsp3) is 0.800. The maximum atomic E-state index is 12.8. The molecule has 0 bridgehead atoms. The van der Waals surface area contributed by atoms with Crippen molar-refractivity contribution in [3.05, 3.63) is 11.6 Å². The molecule has 13 nitrogen and oxygen atoms in total. The minimum absolute atomic E-state index is 0.00376. The summed E-state index contributed by atoms with van der Waals surface area (Å²) in [5, 5.41) is 35.6. The Morgan fingerprint density at radius 2 is 1.83 bits per heavy atom. The number of fused-ring (bicyclic) bond motifs is 5. The van der Waals surface area contributed by atoms with Gasteiger partial charge in [-0.05, 0) is 99.4 Å². The quantitative estimate of drug-likeness (QED) is 0.0720. The van der Waals surface area contributed by atoms with Crippen molar-refractivity contribution in [2.45, 2.75) is 128 Å². The van der Waals surface area contributed by atoms with Crippen LogP contribution in [0.2, 0.25) is 0 Å². The Kier molecular flexibility index (Phi) is 10.8. The Hall–Kier alpha value is -3.19. The molecule has 1 aliphatic heterocycles. The Labute approximate surface area is 282 Å². The molecule has 5 aliphatic rings. The summed E-state index contributed by atoms with van der Waals surface area (Å²) in [6.45, 7) is 4.90. The second-order valence-electron chi connectivity index (χ2n) is 15.5. The highest BCUT2D eigenvalue weighted by molar-refractivity contribution is 5.85. The van der Waals surface area contributed by atoms with Gasteiger partial charge in [-0.25, -0.2) is 9.59 Å². The van der Waals surface area contributed by atoms with Crippen LogP contribution in [0.1, 0.15) is 104 Å². The number of unbranched alkanes of at least 4 members (excludes halogenated alkanes) is 1. The van der Waals surface area contributed by atoms with Gasteiger partial charge in [0.25, 0.3) is 0 Å². The molecule has 4 fully saturated rings. The van der Waals surface area contributed by atoms with E-state index in [0.717, 1.165) is 50.5 Å². The lowest BCUT2D eigenvalue weighted by atomic mass is 9.43. The second kappa shape index (κ2) is 14.3. The van der Waals surface area contributed by atoms with Crippen molar-refractivity contribution < 1.29 is 44.0 Å². The van der Waals surface area contributed by atoms with E-state index >= 15 is 0 Å². The van der Waals surface area contributed by atoms with Crippen molar-refractivity contribution in [2.24, 2.45) is 51.0 Å². The Balaban J connectivity index is 1.07. The molecule has 0 radical (unpaired) electrons. The van der Waals surface area contributed by atoms with E-state index in [1.165, 1.54) is 6.08 Å². The number of carboxylic acid groups (broad SMARTS) is 1. The predicted octanol–water partition coefficient (Wildman–Crippen LogP) is 2.31. The molecule has 4 aliphatic carbocycles. The van der Waals surface area contributed by atoms with Crippen LogP contribution >= 0.6 is 0 Å². The first-order valence-corrected chi connectivity index (χ1v) is 17.7. The normalized spacial score (nSPS) is 37.6. The number of nitrogens with one attached hydrogen (secondary N) is 1. The van der Waals surface area contributed by atoms with Crippen LogP contribution in [-0.2, 0) is 28.7 Å². The summed E-state index contributed by atoms with van der Waals surface area (Å²) in [5.41, 5.74) is 9.80. The van der Waals surface area contributed by atoms with Gasteiger partial charge >= 0.3 is 17.9 Å². The number of carboxylic acids is 1. The number of aliphatic hydroxyl groups excluding tert-OH is 1. The Bertz CT molecular complexity index is 1320. The van der Waals surface area contributed by atoms with Gasteiger partial charge in [0.1, 0.15) is 18.8 Å². The van der Waals surface area contributed by atoms with Gasteiger partial charge in [0, 0.05) is 43.2 Å². The van der Waals surface area contributed by atoms with E-state index in [0.29, 0.717) is 37.5 Å². The molecule has 0 saturated heterocycles. The van der Waals surface area contributed by atoms with Crippen molar-refractivity contribution >= 4 is 29.8 Å². The topological polar surface area (TPSA) is 224 Å². The van der Waals surface area contributed by atoms with E-state index in [4.69, 9.17) is 20.9 Å². The standard InChI is InChI=1S/C35H54N4O9/c1-33-13-11-22(48-28(42)8-4-3-7-27(41)39-25(31(44)45)6-5-15-38-32(36)37)17-21(33)9-10-24-23(33)12-14-34(2)30(20-16-29(43)47-19-20)26(40)18-35(24,34)46/h16,21-26,30,40,46H,3-15,17-19H2,1-2H3,(H,39,41)(H,44,45)(H4,36,37,38)/t21-,22+,23+,24-,25+,26+,30+,33+,34-,35+/m1/s1. The average Bonchev–Trinajstić information content (AvgIpc) is 3.52. The van der Waals surface area contributed by atoms with Crippen LogP contribution in [0.5, 0.6) is 0 Å². The van der Waals surface area contributed by atoms with Crippen molar-refractivity contribution in [1.82, 2.24) is 5.32 Å². The molecule has 0 spiro atoms. The largest absolute Gasteiger partial charge is 0.480 e. The number of ether oxygens (including phenoxy) is 2. The van der Waals surface area contributed by atoms with Crippen molar-refractivity contribution in [1.29, 1.82) is 0 Å². The second-order valence-corrected chi connectivity index (χ2v) is 15.5. The first kappa shape index (κ1) is 36.1. The Morgan fingerprint density at radius 3 is 2.52 bits per heavy atom. The van der Waals surface area contributed by atoms with Crippen LogP contribution in [0.25, 0.3) is 0 Å². The van der Waals surface area contributed by atoms with E-state index in [9.17, 15) is 34.5 Å². The van der Waals surface area contributed by atoms with Crippen LogP contribution < -0.4 is 16.8 Å². The number of aliphatic carboxylic acids is 1. The molecular weight excluding hydrogens is 620 g/mol. The van der Waals surface area contributed by atoms with E-state index in [-0.39, 0.29) is 79.6 Å². The highest BCUT2D eigenvalue weighted by Crippen LogP contribution is 2.70. The summed E-state index contributed by atoms with van der Waals surface area (Å²) in [5.74, 6) is -1.79. The Morgan fingerprint density at radius 1 is 1.08 bits per heavy atom. The van der Waals surface area contributed by atoms with Gasteiger partial charge in [0.2, 0.25) is 5.91 Å². The monoisotopic (exact) mass is 674 g/mol. The van der Waals surface area contributed by atoms with Gasteiger partial charge < -0.3 is 41.6 Å². The summed E-state index contributed by atoms with van der Waals surface area (Å²) in [6.07, 6.45) is 8.72. The van der Waals surface area contributed by atoms with Crippen LogP contribution in [0.15, 0.2) is 16.6 Å². The van der Waals surface area contributed by atoms with E-state index in [1.54, 1.807) is 0 Å². The first-order valence-electron chi connectivity index (χ1n) is 17.7. The maximum absolute atomic E-state index is 12.8. The zero-order chi connectivity index (χ0) is 34.9. The lowest BCUT2D eigenvalue weighted by Gasteiger charge is -2.63. The molecule has 48 heavy (non-hydrogen) atoms. The zero-order valence-corrected chi connectivity index (χ0v) is 28.3. The minimum Gasteiger partial charge on any atom is -0.480 e. The number of nitrogens with two attached hydrogens (primary N) is 2. The number of nitrogens with zero attached hydrogens (tertiary/aromatic N) is 1. The number of rotatable bonds is 13. The van der Waals surface area contributed by atoms with E-state index in [2.05, 4.69) is 24.2 Å². The number of esters is 2. The third-order valence-corrected chi connectivity index (χ3v) is 12.8. The van der Waals surface area contributed by atoms with Crippen LogP contribution in [0.3, 0.4) is 0 Å². The van der Waals surface area contributed by atoms with E-state index in [1.807, 2.05) is 0 Å². The average molecular weight is 675 g/mol. The summed E-state index contributed by atoms with van der Waals surface area (Å²) in [7, 11) is 0. The molecule has 268 valence electrons. The molecule has 1 heterocycles. The van der Waals surface area contributed by atoms with Gasteiger partial charge in [-0.3, -0.25) is 14.6 Å². The van der Waals surface area contributed by atoms with Gasteiger partial charge in [-0.1, -0.05) is 13.8 Å².